The number of hydrogen-bond donors (Lipinski definition) is 0. The fourth-order valence-corrected chi connectivity index (χ4v) is 7.93. The molecule has 10 rings (SSSR count). The number of fused-ring (bicyclic) bond motifs is 7. The summed E-state index contributed by atoms with van der Waals surface area (Å²) in [7, 11) is 0. The number of para-hydroxylation sites is 2. The lowest BCUT2D eigenvalue weighted by Gasteiger charge is -2.29. The molecule has 3 aliphatic rings. The van der Waals surface area contributed by atoms with Gasteiger partial charge < -0.3 is 9.64 Å². The molecule has 1 aliphatic carbocycles. The number of ether oxygens (including phenoxy) is 1. The van der Waals surface area contributed by atoms with Crippen molar-refractivity contribution in [3.05, 3.63) is 163 Å². The summed E-state index contributed by atoms with van der Waals surface area (Å²) in [4.78, 5) is 2.56. The lowest BCUT2D eigenvalue weighted by Crippen LogP contribution is -2.27. The van der Waals surface area contributed by atoms with Crippen molar-refractivity contribution in [3.63, 3.8) is 0 Å². The topological polar surface area (TPSA) is 12.5 Å². The molecule has 0 saturated carbocycles. The molecule has 0 N–H and O–H groups in total. The van der Waals surface area contributed by atoms with E-state index in [2.05, 4.69) is 151 Å². The number of nitrogens with zero attached hydrogens (tertiary/aromatic N) is 1. The van der Waals surface area contributed by atoms with E-state index in [4.69, 9.17) is 4.74 Å². The first kappa shape index (κ1) is 25.5. The molecule has 2 heteroatoms. The van der Waals surface area contributed by atoms with Crippen LogP contribution in [0.25, 0.3) is 60.5 Å². The Bertz CT molecular complexity index is 2420. The van der Waals surface area contributed by atoms with Gasteiger partial charge in [0.2, 0.25) is 0 Å². The van der Waals surface area contributed by atoms with E-state index in [1.807, 2.05) is 12.1 Å². The van der Waals surface area contributed by atoms with E-state index in [0.717, 1.165) is 23.5 Å². The third-order valence-corrected chi connectivity index (χ3v) is 9.97. The van der Waals surface area contributed by atoms with E-state index < -0.39 is 0 Å². The van der Waals surface area contributed by atoms with E-state index in [-0.39, 0.29) is 0 Å². The van der Waals surface area contributed by atoms with Crippen molar-refractivity contribution in [1.82, 2.24) is 0 Å². The lowest BCUT2D eigenvalue weighted by atomic mass is 9.89. The Balaban J connectivity index is 1.09. The largest absolute Gasteiger partial charge is 0.456 e. The third kappa shape index (κ3) is 3.64. The van der Waals surface area contributed by atoms with E-state index in [0.29, 0.717) is 6.04 Å². The maximum Gasteiger partial charge on any atom is 0.135 e. The first-order valence-electron chi connectivity index (χ1n) is 16.0. The van der Waals surface area contributed by atoms with E-state index >= 15 is 0 Å². The monoisotopic (exact) mass is 587 g/mol. The molecule has 2 aliphatic heterocycles. The van der Waals surface area contributed by atoms with Crippen LogP contribution in [0.3, 0.4) is 0 Å². The molecule has 0 saturated heterocycles. The summed E-state index contributed by atoms with van der Waals surface area (Å²) in [6.45, 7) is 0. The van der Waals surface area contributed by atoms with Gasteiger partial charge in [0.25, 0.3) is 0 Å². The van der Waals surface area contributed by atoms with Crippen molar-refractivity contribution in [1.29, 1.82) is 0 Å². The number of anilines is 2. The van der Waals surface area contributed by atoms with Crippen molar-refractivity contribution in [3.8, 4) is 44.9 Å². The maximum atomic E-state index is 6.35. The second-order valence-electron chi connectivity index (χ2n) is 12.4. The van der Waals surface area contributed by atoms with Crippen LogP contribution < -0.4 is 9.64 Å². The van der Waals surface area contributed by atoms with Gasteiger partial charge in [0.05, 0.1) is 11.7 Å². The molecule has 0 spiro atoms. The molecule has 1 unspecified atom stereocenters. The number of rotatable bonds is 3. The second-order valence-corrected chi connectivity index (χ2v) is 12.4. The average Bonchev–Trinajstić information content (AvgIpc) is 3.47. The number of allylic oxidation sites excluding steroid dienone is 2. The third-order valence-electron chi connectivity index (χ3n) is 9.97. The molecule has 0 aromatic heterocycles. The standard InChI is InChI=1S/C44H29NO/c1-2-10-30(11-3-1)45-40-18-6-4-12-34(40)39-25-24-33-31(14-8-17-38(33)44(39)45)28-20-22-29(23-21-28)32-26-27-42-43-36(32)15-9-16-37(43)35-13-5-7-19-41(35)46-42/h1-17,19-27,40H,18H2. The first-order chi connectivity index (χ1) is 22.8. The van der Waals surface area contributed by atoms with Crippen molar-refractivity contribution in [2.45, 2.75) is 12.5 Å². The Labute approximate surface area is 268 Å². The fourth-order valence-electron chi connectivity index (χ4n) is 7.93. The summed E-state index contributed by atoms with van der Waals surface area (Å²) in [5.74, 6) is 1.84. The van der Waals surface area contributed by atoms with Gasteiger partial charge in [-0.2, -0.15) is 0 Å². The van der Waals surface area contributed by atoms with Crippen LogP contribution in [-0.2, 0) is 0 Å². The summed E-state index contributed by atoms with van der Waals surface area (Å²) in [6.07, 6.45) is 7.81. The SMILES string of the molecule is C1=CCC2C(=C1)c1ccc3c(-c4ccc(-c5ccc6c7c(cccc57)-c5ccccc5O6)cc4)cccc3c1N2c1ccccc1. The van der Waals surface area contributed by atoms with Crippen molar-refractivity contribution < 1.29 is 4.74 Å². The van der Waals surface area contributed by atoms with Crippen LogP contribution in [0.4, 0.5) is 11.4 Å². The zero-order valence-electron chi connectivity index (χ0n) is 25.2. The minimum Gasteiger partial charge on any atom is -0.456 e. The predicted molar refractivity (Wildman–Crippen MR) is 192 cm³/mol. The number of hydrogen-bond acceptors (Lipinski definition) is 2. The molecule has 0 amide bonds. The smallest absolute Gasteiger partial charge is 0.135 e. The van der Waals surface area contributed by atoms with Gasteiger partial charge >= 0.3 is 0 Å². The van der Waals surface area contributed by atoms with Crippen LogP contribution in [-0.4, -0.2) is 6.04 Å². The van der Waals surface area contributed by atoms with E-state index in [1.54, 1.807) is 0 Å². The van der Waals surface area contributed by atoms with Crippen LogP contribution in [0.1, 0.15) is 12.0 Å². The molecule has 0 radical (unpaired) electrons. The average molecular weight is 588 g/mol. The van der Waals surface area contributed by atoms with Gasteiger partial charge in [-0.05, 0) is 74.8 Å². The molecule has 0 fully saturated rings. The van der Waals surface area contributed by atoms with Crippen molar-refractivity contribution in [2.75, 3.05) is 4.90 Å². The van der Waals surface area contributed by atoms with Gasteiger partial charge in [0, 0.05) is 27.6 Å². The zero-order chi connectivity index (χ0) is 30.2. The molecule has 7 aromatic rings. The minimum absolute atomic E-state index is 0.317. The predicted octanol–water partition coefficient (Wildman–Crippen LogP) is 12.0. The molecular weight excluding hydrogens is 558 g/mol. The molecule has 2 nitrogen and oxygen atoms in total. The minimum atomic E-state index is 0.317. The first-order valence-corrected chi connectivity index (χ1v) is 16.0. The van der Waals surface area contributed by atoms with Crippen LogP contribution in [0.5, 0.6) is 11.5 Å². The summed E-state index contributed by atoms with van der Waals surface area (Å²) in [6, 6.07) is 50.9. The van der Waals surface area contributed by atoms with Gasteiger partial charge in [0.1, 0.15) is 11.5 Å². The van der Waals surface area contributed by atoms with Gasteiger partial charge in [-0.15, -0.1) is 0 Å². The summed E-state index contributed by atoms with van der Waals surface area (Å²) in [5.41, 5.74) is 12.6. The Kier molecular flexibility index (Phi) is 5.44. The maximum absolute atomic E-state index is 6.35. The van der Waals surface area contributed by atoms with E-state index in [1.165, 1.54) is 71.9 Å². The molecule has 2 heterocycles. The summed E-state index contributed by atoms with van der Waals surface area (Å²) < 4.78 is 6.35. The van der Waals surface area contributed by atoms with Crippen molar-refractivity contribution in [2.24, 2.45) is 0 Å². The molecule has 7 aromatic carbocycles. The fraction of sp³-hybridized carbons (Fsp3) is 0.0455. The quantitative estimate of drug-likeness (QED) is 0.204. The molecule has 1 atom stereocenters. The van der Waals surface area contributed by atoms with Gasteiger partial charge in [-0.25, -0.2) is 0 Å². The zero-order valence-corrected chi connectivity index (χ0v) is 25.2. The Morgan fingerprint density at radius 1 is 0.500 bits per heavy atom. The summed E-state index contributed by atoms with van der Waals surface area (Å²) >= 11 is 0. The van der Waals surface area contributed by atoms with Crippen LogP contribution in [0.15, 0.2) is 158 Å². The highest BCUT2D eigenvalue weighted by Crippen LogP contribution is 2.52. The Morgan fingerprint density at radius 2 is 1.20 bits per heavy atom. The van der Waals surface area contributed by atoms with Gasteiger partial charge in [0.15, 0.2) is 0 Å². The van der Waals surface area contributed by atoms with Crippen LogP contribution in [0, 0.1) is 0 Å². The highest BCUT2D eigenvalue weighted by Gasteiger charge is 2.36. The van der Waals surface area contributed by atoms with Gasteiger partial charge in [-0.3, -0.25) is 0 Å². The lowest BCUT2D eigenvalue weighted by molar-refractivity contribution is 0.487. The molecule has 0 bridgehead atoms. The highest BCUT2D eigenvalue weighted by molar-refractivity contribution is 6.12. The Morgan fingerprint density at radius 3 is 2.04 bits per heavy atom. The Hall–Kier alpha value is -5.86. The summed E-state index contributed by atoms with van der Waals surface area (Å²) in [5, 5.41) is 4.96. The van der Waals surface area contributed by atoms with E-state index in [9.17, 15) is 0 Å². The molecule has 46 heavy (non-hydrogen) atoms. The van der Waals surface area contributed by atoms with Crippen LogP contribution >= 0.6 is 0 Å². The second kappa shape index (κ2) is 9.82. The molecule has 216 valence electrons. The highest BCUT2D eigenvalue weighted by atomic mass is 16.5. The number of benzene rings is 7. The van der Waals surface area contributed by atoms with Gasteiger partial charge in [-0.1, -0.05) is 133 Å². The van der Waals surface area contributed by atoms with Crippen LogP contribution in [0.2, 0.25) is 0 Å². The van der Waals surface area contributed by atoms with Crippen molar-refractivity contribution >= 4 is 38.5 Å². The normalized spacial score (nSPS) is 15.7. The molecular formula is C44H29NO.